The third-order valence-corrected chi connectivity index (χ3v) is 3.94. The predicted octanol–water partition coefficient (Wildman–Crippen LogP) is 2.62. The summed E-state index contributed by atoms with van der Waals surface area (Å²) in [6.07, 6.45) is 1.65. The van der Waals surface area contributed by atoms with Crippen molar-refractivity contribution >= 4 is 28.6 Å². The van der Waals surface area contributed by atoms with E-state index in [0.29, 0.717) is 0 Å². The van der Waals surface area contributed by atoms with Gasteiger partial charge in [0.2, 0.25) is 0 Å². The van der Waals surface area contributed by atoms with Crippen LogP contribution < -0.4 is 0 Å². The van der Waals surface area contributed by atoms with Crippen LogP contribution >= 0.6 is 11.8 Å². The molecular weight excluding hydrogens is 234 g/mol. The zero-order chi connectivity index (χ0) is 11.7. The summed E-state index contributed by atoms with van der Waals surface area (Å²) in [5.74, 6) is 2.22. The fourth-order valence-corrected chi connectivity index (χ4v) is 2.95. The molecule has 2 heterocycles. The van der Waals surface area contributed by atoms with Gasteiger partial charge >= 0.3 is 0 Å². The first kappa shape index (κ1) is 10.7. The number of rotatable bonds is 1. The van der Waals surface area contributed by atoms with Crippen molar-refractivity contribution in [2.75, 3.05) is 24.6 Å². The monoisotopic (exact) mass is 247 g/mol. The van der Waals surface area contributed by atoms with E-state index in [9.17, 15) is 4.79 Å². The Morgan fingerprint density at radius 3 is 2.88 bits per heavy atom. The standard InChI is InChI=1S/C13H13NO2S/c15-13(14-4-7-17-8-5-14)11-1-2-12-10(9-11)3-6-16-12/h1-3,6,9H,4-5,7-8H2. The lowest BCUT2D eigenvalue weighted by atomic mass is 10.1. The number of amides is 1. The number of fused-ring (bicyclic) bond motifs is 1. The van der Waals surface area contributed by atoms with Gasteiger partial charge in [0.1, 0.15) is 5.58 Å². The summed E-state index contributed by atoms with van der Waals surface area (Å²) in [6.45, 7) is 1.71. The smallest absolute Gasteiger partial charge is 0.253 e. The topological polar surface area (TPSA) is 33.5 Å². The number of carbonyl (C=O) groups excluding carboxylic acids is 1. The Morgan fingerprint density at radius 2 is 2.06 bits per heavy atom. The molecule has 0 aliphatic carbocycles. The molecule has 0 spiro atoms. The fraction of sp³-hybridized carbons (Fsp3) is 0.308. The van der Waals surface area contributed by atoms with Crippen LogP contribution in [0.2, 0.25) is 0 Å². The van der Waals surface area contributed by atoms with Crippen molar-refractivity contribution in [1.29, 1.82) is 0 Å². The van der Waals surface area contributed by atoms with Gasteiger partial charge in [-0.25, -0.2) is 0 Å². The summed E-state index contributed by atoms with van der Waals surface area (Å²) in [5.41, 5.74) is 1.58. The molecule has 1 aliphatic rings. The number of furan rings is 1. The van der Waals surface area contributed by atoms with Gasteiger partial charge in [0.05, 0.1) is 6.26 Å². The summed E-state index contributed by atoms with van der Waals surface area (Å²) >= 11 is 1.91. The molecule has 1 aliphatic heterocycles. The molecule has 1 aromatic heterocycles. The van der Waals surface area contributed by atoms with Crippen LogP contribution in [0, 0.1) is 0 Å². The molecule has 0 N–H and O–H groups in total. The molecule has 17 heavy (non-hydrogen) atoms. The molecule has 2 aromatic rings. The van der Waals surface area contributed by atoms with Crippen LogP contribution in [0.4, 0.5) is 0 Å². The van der Waals surface area contributed by atoms with Crippen molar-refractivity contribution in [3.8, 4) is 0 Å². The highest BCUT2D eigenvalue weighted by Crippen LogP contribution is 2.19. The highest BCUT2D eigenvalue weighted by atomic mass is 32.2. The van der Waals surface area contributed by atoms with E-state index in [1.807, 2.05) is 40.9 Å². The van der Waals surface area contributed by atoms with Gasteiger partial charge < -0.3 is 9.32 Å². The number of thioether (sulfide) groups is 1. The Kier molecular flexibility index (Phi) is 2.81. The van der Waals surface area contributed by atoms with E-state index in [0.717, 1.165) is 41.1 Å². The molecule has 1 aromatic carbocycles. The van der Waals surface area contributed by atoms with Gasteiger partial charge in [-0.1, -0.05) is 0 Å². The van der Waals surface area contributed by atoms with E-state index in [1.165, 1.54) is 0 Å². The van der Waals surface area contributed by atoms with Gasteiger partial charge in [-0.3, -0.25) is 4.79 Å². The summed E-state index contributed by atoms with van der Waals surface area (Å²) in [5, 5.41) is 0.988. The van der Waals surface area contributed by atoms with E-state index in [4.69, 9.17) is 4.42 Å². The van der Waals surface area contributed by atoms with E-state index >= 15 is 0 Å². The van der Waals surface area contributed by atoms with Gasteiger partial charge in [0.15, 0.2) is 0 Å². The second kappa shape index (κ2) is 4.45. The Labute approximate surface area is 104 Å². The zero-order valence-electron chi connectivity index (χ0n) is 9.39. The van der Waals surface area contributed by atoms with E-state index < -0.39 is 0 Å². The van der Waals surface area contributed by atoms with E-state index in [2.05, 4.69) is 0 Å². The summed E-state index contributed by atoms with van der Waals surface area (Å²) < 4.78 is 5.27. The van der Waals surface area contributed by atoms with Crippen LogP contribution in [0.1, 0.15) is 10.4 Å². The second-order valence-electron chi connectivity index (χ2n) is 4.08. The molecule has 1 amide bonds. The molecule has 0 atom stereocenters. The molecule has 0 saturated carbocycles. The lowest BCUT2D eigenvalue weighted by Crippen LogP contribution is -2.37. The summed E-state index contributed by atoms with van der Waals surface area (Å²) in [4.78, 5) is 14.2. The normalized spacial score (nSPS) is 16.4. The maximum Gasteiger partial charge on any atom is 0.253 e. The number of carbonyl (C=O) groups is 1. The van der Waals surface area contributed by atoms with Crippen molar-refractivity contribution in [3.05, 3.63) is 36.1 Å². The third-order valence-electron chi connectivity index (χ3n) is 3.00. The maximum atomic E-state index is 12.3. The molecule has 0 radical (unpaired) electrons. The molecule has 0 unspecified atom stereocenters. The fourth-order valence-electron chi connectivity index (χ4n) is 2.05. The largest absolute Gasteiger partial charge is 0.464 e. The molecule has 3 nitrogen and oxygen atoms in total. The average molecular weight is 247 g/mol. The first-order chi connectivity index (χ1) is 8.34. The van der Waals surface area contributed by atoms with Crippen molar-refractivity contribution in [2.24, 2.45) is 0 Å². The SMILES string of the molecule is O=C(c1ccc2occc2c1)N1CCSCC1. The maximum absolute atomic E-state index is 12.3. The first-order valence-electron chi connectivity index (χ1n) is 5.69. The molecule has 1 saturated heterocycles. The molecule has 4 heteroatoms. The summed E-state index contributed by atoms with van der Waals surface area (Å²) in [7, 11) is 0. The molecule has 88 valence electrons. The minimum atomic E-state index is 0.133. The van der Waals surface area contributed by atoms with Gasteiger partial charge in [-0.15, -0.1) is 0 Å². The predicted molar refractivity (Wildman–Crippen MR) is 69.4 cm³/mol. The van der Waals surface area contributed by atoms with Crippen LogP contribution in [-0.4, -0.2) is 35.4 Å². The van der Waals surface area contributed by atoms with Gasteiger partial charge in [-0.2, -0.15) is 11.8 Å². The van der Waals surface area contributed by atoms with Crippen LogP contribution in [0.25, 0.3) is 11.0 Å². The average Bonchev–Trinajstić information content (AvgIpc) is 2.86. The van der Waals surface area contributed by atoms with Crippen molar-refractivity contribution in [3.63, 3.8) is 0 Å². The van der Waals surface area contributed by atoms with Crippen molar-refractivity contribution < 1.29 is 9.21 Å². The lowest BCUT2D eigenvalue weighted by molar-refractivity contribution is 0.0772. The summed E-state index contributed by atoms with van der Waals surface area (Å²) in [6, 6.07) is 7.50. The number of benzene rings is 1. The highest BCUT2D eigenvalue weighted by molar-refractivity contribution is 7.99. The minimum Gasteiger partial charge on any atom is -0.464 e. The quantitative estimate of drug-likeness (QED) is 0.776. The van der Waals surface area contributed by atoms with E-state index in [1.54, 1.807) is 6.26 Å². The van der Waals surface area contributed by atoms with Crippen molar-refractivity contribution in [1.82, 2.24) is 4.90 Å². The Hall–Kier alpha value is -1.42. The molecular formula is C13H13NO2S. The number of hydrogen-bond acceptors (Lipinski definition) is 3. The van der Waals surface area contributed by atoms with Crippen LogP contribution in [0.5, 0.6) is 0 Å². The second-order valence-corrected chi connectivity index (χ2v) is 5.30. The first-order valence-corrected chi connectivity index (χ1v) is 6.84. The minimum absolute atomic E-state index is 0.133. The number of hydrogen-bond donors (Lipinski definition) is 0. The Bertz CT molecular complexity index is 543. The molecule has 0 bridgehead atoms. The third kappa shape index (κ3) is 2.05. The van der Waals surface area contributed by atoms with E-state index in [-0.39, 0.29) is 5.91 Å². The number of nitrogens with zero attached hydrogens (tertiary/aromatic N) is 1. The van der Waals surface area contributed by atoms with Gasteiger partial charge in [-0.05, 0) is 24.3 Å². The Balaban J connectivity index is 1.88. The van der Waals surface area contributed by atoms with Crippen molar-refractivity contribution in [2.45, 2.75) is 0 Å². The van der Waals surface area contributed by atoms with Crippen LogP contribution in [0.15, 0.2) is 34.9 Å². The highest BCUT2D eigenvalue weighted by Gasteiger charge is 2.18. The van der Waals surface area contributed by atoms with Crippen LogP contribution in [-0.2, 0) is 0 Å². The van der Waals surface area contributed by atoms with Crippen LogP contribution in [0.3, 0.4) is 0 Å². The zero-order valence-corrected chi connectivity index (χ0v) is 10.2. The van der Waals surface area contributed by atoms with Gasteiger partial charge in [0, 0.05) is 35.5 Å². The molecule has 3 rings (SSSR count). The lowest BCUT2D eigenvalue weighted by Gasteiger charge is -2.26. The molecule has 1 fully saturated rings. The van der Waals surface area contributed by atoms with Gasteiger partial charge in [0.25, 0.3) is 5.91 Å². The Morgan fingerprint density at radius 1 is 1.24 bits per heavy atom.